The number of aliphatic hydroxyl groups is 1. The molecule has 104 valence electrons. The zero-order valence-electron chi connectivity index (χ0n) is 11.8. The van der Waals surface area contributed by atoms with Crippen molar-refractivity contribution < 1.29 is 9.84 Å². The third kappa shape index (κ3) is 15.9. The maximum atomic E-state index is 8.63. The summed E-state index contributed by atoms with van der Waals surface area (Å²) >= 11 is 0. The first kappa shape index (κ1) is 16.9. The van der Waals surface area contributed by atoms with E-state index in [0.717, 1.165) is 19.6 Å². The SMILES string of the molecule is CCCCCCOCCCCCCCCCO. The molecule has 0 saturated heterocycles. The van der Waals surface area contributed by atoms with Gasteiger partial charge in [0.1, 0.15) is 0 Å². The Hall–Kier alpha value is -0.0800. The van der Waals surface area contributed by atoms with Crippen LogP contribution in [-0.2, 0) is 4.74 Å². The van der Waals surface area contributed by atoms with Gasteiger partial charge in [-0.25, -0.2) is 0 Å². The van der Waals surface area contributed by atoms with E-state index in [2.05, 4.69) is 6.92 Å². The van der Waals surface area contributed by atoms with Crippen LogP contribution in [0.5, 0.6) is 0 Å². The summed E-state index contributed by atoms with van der Waals surface area (Å²) in [5, 5.41) is 8.63. The van der Waals surface area contributed by atoms with Crippen LogP contribution in [0.25, 0.3) is 0 Å². The standard InChI is InChI=1S/C15H32O2/c1-2-3-4-11-14-17-15-12-9-7-5-6-8-10-13-16/h16H,2-15H2,1H3. The molecule has 0 aliphatic heterocycles. The van der Waals surface area contributed by atoms with Gasteiger partial charge in [0.25, 0.3) is 0 Å². The van der Waals surface area contributed by atoms with E-state index in [1.807, 2.05) is 0 Å². The monoisotopic (exact) mass is 244 g/mol. The average molecular weight is 244 g/mol. The third-order valence-electron chi connectivity index (χ3n) is 3.09. The molecule has 0 bridgehead atoms. The Balaban J connectivity index is 2.85. The molecule has 0 saturated carbocycles. The van der Waals surface area contributed by atoms with Crippen molar-refractivity contribution in [2.24, 2.45) is 0 Å². The van der Waals surface area contributed by atoms with E-state index in [9.17, 15) is 0 Å². The molecule has 0 aromatic rings. The third-order valence-corrected chi connectivity index (χ3v) is 3.09. The van der Waals surface area contributed by atoms with Crippen LogP contribution in [0.1, 0.15) is 77.6 Å². The van der Waals surface area contributed by atoms with Gasteiger partial charge in [-0.1, -0.05) is 58.3 Å². The van der Waals surface area contributed by atoms with Crippen LogP contribution in [0.15, 0.2) is 0 Å². The minimum absolute atomic E-state index is 0.353. The summed E-state index contributed by atoms with van der Waals surface area (Å²) in [4.78, 5) is 0. The van der Waals surface area contributed by atoms with Crippen LogP contribution in [0.4, 0.5) is 0 Å². The molecule has 0 aromatic heterocycles. The normalized spacial score (nSPS) is 10.9. The molecule has 0 unspecified atom stereocenters. The summed E-state index contributed by atoms with van der Waals surface area (Å²) < 4.78 is 5.59. The Kier molecular flexibility index (Phi) is 15.8. The molecule has 2 heteroatoms. The van der Waals surface area contributed by atoms with Crippen LogP contribution in [0, 0.1) is 0 Å². The first-order valence-corrected chi connectivity index (χ1v) is 7.60. The molecule has 0 rings (SSSR count). The fourth-order valence-corrected chi connectivity index (χ4v) is 1.93. The van der Waals surface area contributed by atoms with Crippen molar-refractivity contribution in [2.75, 3.05) is 19.8 Å². The van der Waals surface area contributed by atoms with E-state index in [4.69, 9.17) is 9.84 Å². The van der Waals surface area contributed by atoms with E-state index in [1.54, 1.807) is 0 Å². The molecule has 0 aliphatic rings. The minimum Gasteiger partial charge on any atom is -0.396 e. The summed E-state index contributed by atoms with van der Waals surface area (Å²) in [7, 11) is 0. The van der Waals surface area contributed by atoms with Gasteiger partial charge in [0, 0.05) is 19.8 Å². The lowest BCUT2D eigenvalue weighted by Gasteiger charge is -2.04. The highest BCUT2D eigenvalue weighted by molar-refractivity contribution is 4.46. The summed E-state index contributed by atoms with van der Waals surface area (Å²) in [5.41, 5.74) is 0. The van der Waals surface area contributed by atoms with Crippen LogP contribution >= 0.6 is 0 Å². The summed E-state index contributed by atoms with van der Waals surface area (Å²) in [6.07, 6.45) is 13.8. The van der Waals surface area contributed by atoms with Gasteiger partial charge in [0.2, 0.25) is 0 Å². The number of rotatable bonds is 14. The van der Waals surface area contributed by atoms with Gasteiger partial charge in [-0.15, -0.1) is 0 Å². The Morgan fingerprint density at radius 2 is 1.12 bits per heavy atom. The highest BCUT2D eigenvalue weighted by atomic mass is 16.5. The Labute approximate surface area is 108 Å². The van der Waals surface area contributed by atoms with Crippen molar-refractivity contribution in [2.45, 2.75) is 77.6 Å². The number of hydrogen-bond donors (Lipinski definition) is 1. The first-order chi connectivity index (χ1) is 8.41. The lowest BCUT2D eigenvalue weighted by atomic mass is 10.1. The highest BCUT2D eigenvalue weighted by Crippen LogP contribution is 2.07. The fourth-order valence-electron chi connectivity index (χ4n) is 1.93. The van der Waals surface area contributed by atoms with Gasteiger partial charge in [-0.2, -0.15) is 0 Å². The maximum absolute atomic E-state index is 8.63. The smallest absolute Gasteiger partial charge is 0.0466 e. The Bertz CT molecular complexity index is 112. The van der Waals surface area contributed by atoms with Crippen molar-refractivity contribution in [3.8, 4) is 0 Å². The quantitative estimate of drug-likeness (QED) is 0.461. The molecule has 0 radical (unpaired) electrons. The van der Waals surface area contributed by atoms with E-state index in [1.165, 1.54) is 64.2 Å². The van der Waals surface area contributed by atoms with E-state index < -0.39 is 0 Å². The summed E-state index contributed by atoms with van der Waals surface area (Å²) in [5.74, 6) is 0. The lowest BCUT2D eigenvalue weighted by molar-refractivity contribution is 0.125. The molecule has 0 spiro atoms. The number of hydrogen-bond acceptors (Lipinski definition) is 2. The van der Waals surface area contributed by atoms with Gasteiger partial charge in [-0.05, 0) is 19.3 Å². The van der Waals surface area contributed by atoms with Crippen molar-refractivity contribution in [1.29, 1.82) is 0 Å². The molecule has 0 heterocycles. The van der Waals surface area contributed by atoms with Gasteiger partial charge < -0.3 is 9.84 Å². The van der Waals surface area contributed by atoms with Crippen molar-refractivity contribution in [3.05, 3.63) is 0 Å². The fraction of sp³-hybridized carbons (Fsp3) is 1.00. The van der Waals surface area contributed by atoms with Crippen molar-refractivity contribution >= 4 is 0 Å². The van der Waals surface area contributed by atoms with Crippen molar-refractivity contribution in [1.82, 2.24) is 0 Å². The van der Waals surface area contributed by atoms with Crippen molar-refractivity contribution in [3.63, 3.8) is 0 Å². The van der Waals surface area contributed by atoms with Gasteiger partial charge in [0.05, 0.1) is 0 Å². The van der Waals surface area contributed by atoms with Crippen LogP contribution in [0.2, 0.25) is 0 Å². The molecule has 0 amide bonds. The Morgan fingerprint density at radius 3 is 1.65 bits per heavy atom. The lowest BCUT2D eigenvalue weighted by Crippen LogP contribution is -1.97. The van der Waals surface area contributed by atoms with Crippen LogP contribution in [-0.4, -0.2) is 24.9 Å². The van der Waals surface area contributed by atoms with Gasteiger partial charge in [0.15, 0.2) is 0 Å². The van der Waals surface area contributed by atoms with E-state index >= 15 is 0 Å². The number of ether oxygens (including phenoxy) is 1. The summed E-state index contributed by atoms with van der Waals surface area (Å²) in [6, 6.07) is 0. The van der Waals surface area contributed by atoms with Gasteiger partial charge >= 0.3 is 0 Å². The zero-order chi connectivity index (χ0) is 12.6. The van der Waals surface area contributed by atoms with Crippen LogP contribution in [0.3, 0.4) is 0 Å². The number of unbranched alkanes of at least 4 members (excludes halogenated alkanes) is 9. The minimum atomic E-state index is 0.353. The first-order valence-electron chi connectivity index (χ1n) is 7.60. The molecule has 0 aliphatic carbocycles. The number of aliphatic hydroxyl groups excluding tert-OH is 1. The summed E-state index contributed by atoms with van der Waals surface area (Å²) in [6.45, 7) is 4.49. The predicted octanol–water partition coefficient (Wildman–Crippen LogP) is 4.31. The van der Waals surface area contributed by atoms with Crippen LogP contribution < -0.4 is 0 Å². The van der Waals surface area contributed by atoms with E-state index in [0.29, 0.717) is 6.61 Å². The molecule has 0 aromatic carbocycles. The van der Waals surface area contributed by atoms with Gasteiger partial charge in [-0.3, -0.25) is 0 Å². The predicted molar refractivity (Wildman–Crippen MR) is 74.4 cm³/mol. The maximum Gasteiger partial charge on any atom is 0.0466 e. The molecule has 0 fully saturated rings. The molecular weight excluding hydrogens is 212 g/mol. The second-order valence-corrected chi connectivity index (χ2v) is 4.87. The second-order valence-electron chi connectivity index (χ2n) is 4.87. The topological polar surface area (TPSA) is 29.5 Å². The highest BCUT2D eigenvalue weighted by Gasteiger charge is 1.93. The Morgan fingerprint density at radius 1 is 0.647 bits per heavy atom. The molecular formula is C15H32O2. The molecule has 2 nitrogen and oxygen atoms in total. The molecule has 17 heavy (non-hydrogen) atoms. The molecule has 1 N–H and O–H groups in total. The van der Waals surface area contributed by atoms with E-state index in [-0.39, 0.29) is 0 Å². The zero-order valence-corrected chi connectivity index (χ0v) is 11.8. The average Bonchev–Trinajstić information content (AvgIpc) is 2.35. The molecule has 0 atom stereocenters. The largest absolute Gasteiger partial charge is 0.396 e. The second kappa shape index (κ2) is 15.9.